The van der Waals surface area contributed by atoms with Crippen LogP contribution in [0, 0.1) is 13.8 Å². The van der Waals surface area contributed by atoms with E-state index in [4.69, 9.17) is 5.73 Å². The van der Waals surface area contributed by atoms with Gasteiger partial charge in [0.25, 0.3) is 0 Å². The molecule has 0 fully saturated rings. The smallest absolute Gasteiger partial charge is 0.0396 e. The maximum atomic E-state index is 5.64. The summed E-state index contributed by atoms with van der Waals surface area (Å²) in [5.74, 6) is 0. The van der Waals surface area contributed by atoms with Gasteiger partial charge >= 0.3 is 0 Å². The Labute approximate surface area is 106 Å². The zero-order valence-electron chi connectivity index (χ0n) is 11.5. The molecule has 2 nitrogen and oxygen atoms in total. The van der Waals surface area contributed by atoms with Gasteiger partial charge in [-0.1, -0.05) is 24.6 Å². The van der Waals surface area contributed by atoms with E-state index in [-0.39, 0.29) is 0 Å². The lowest BCUT2D eigenvalue weighted by atomic mass is 10.1. The molecular formula is C15H26N2. The van der Waals surface area contributed by atoms with Crippen LogP contribution < -0.4 is 10.6 Å². The topological polar surface area (TPSA) is 29.3 Å². The number of hydrogen-bond acceptors (Lipinski definition) is 2. The number of nitrogens with two attached hydrogens (primary N) is 1. The Morgan fingerprint density at radius 3 is 2.29 bits per heavy atom. The number of anilines is 1. The van der Waals surface area contributed by atoms with Crippen LogP contribution in [0.15, 0.2) is 31.4 Å². The quantitative estimate of drug-likeness (QED) is 0.792. The highest BCUT2D eigenvalue weighted by Gasteiger charge is 2.06. The lowest BCUT2D eigenvalue weighted by Crippen LogP contribution is -2.30. The van der Waals surface area contributed by atoms with Gasteiger partial charge in [0.15, 0.2) is 0 Å². The van der Waals surface area contributed by atoms with Crippen LogP contribution in [0.1, 0.15) is 24.5 Å². The molecule has 0 aromatic heterocycles. The Bertz CT molecular complexity index is 315. The monoisotopic (exact) mass is 234 g/mol. The minimum absolute atomic E-state index is 0.716. The van der Waals surface area contributed by atoms with Crippen molar-refractivity contribution in [3.05, 3.63) is 42.5 Å². The minimum atomic E-state index is 0.716. The van der Waals surface area contributed by atoms with Gasteiger partial charge < -0.3 is 10.6 Å². The molecule has 96 valence electrons. The molecular weight excluding hydrogens is 208 g/mol. The summed E-state index contributed by atoms with van der Waals surface area (Å²) in [5, 5.41) is 0. The largest absolute Gasteiger partial charge is 0.370 e. The summed E-state index contributed by atoms with van der Waals surface area (Å²) in [6.07, 6.45) is 1.16. The van der Waals surface area contributed by atoms with Crippen molar-refractivity contribution in [1.82, 2.24) is 0 Å². The van der Waals surface area contributed by atoms with Gasteiger partial charge in [-0.25, -0.2) is 0 Å². The van der Waals surface area contributed by atoms with Crippen LogP contribution in [0.25, 0.3) is 0 Å². The van der Waals surface area contributed by atoms with Crippen LogP contribution in [0.4, 0.5) is 5.69 Å². The summed E-state index contributed by atoms with van der Waals surface area (Å²) in [4.78, 5) is 2.37. The normalized spacial score (nSPS) is 9.41. The second-order valence-electron chi connectivity index (χ2n) is 4.07. The van der Waals surface area contributed by atoms with E-state index in [1.165, 1.54) is 16.8 Å². The molecule has 1 aromatic carbocycles. The van der Waals surface area contributed by atoms with Crippen molar-refractivity contribution in [2.24, 2.45) is 5.73 Å². The van der Waals surface area contributed by atoms with Gasteiger partial charge in [-0.2, -0.15) is 0 Å². The minimum Gasteiger partial charge on any atom is -0.370 e. The van der Waals surface area contributed by atoms with Crippen LogP contribution in [0.5, 0.6) is 0 Å². The average Bonchev–Trinajstić information content (AvgIpc) is 2.32. The van der Waals surface area contributed by atoms with E-state index in [2.05, 4.69) is 57.0 Å². The summed E-state index contributed by atoms with van der Waals surface area (Å²) in [6.45, 7) is 15.2. The summed E-state index contributed by atoms with van der Waals surface area (Å²) in [5.41, 5.74) is 9.63. The van der Waals surface area contributed by atoms with E-state index < -0.39 is 0 Å². The standard InChI is InChI=1S/C13H22N2.C2H4/c1-4-8-15(9-7-14)13-6-5-11(2)10-12(13)3;1-2/h5-6,10H,4,7-9,14H2,1-3H3;1-2H2. The number of aryl methyl sites for hydroxylation is 2. The molecule has 0 aliphatic carbocycles. The van der Waals surface area contributed by atoms with Gasteiger partial charge in [0.1, 0.15) is 0 Å². The molecule has 0 radical (unpaired) electrons. The van der Waals surface area contributed by atoms with Crippen LogP contribution in [-0.2, 0) is 0 Å². The van der Waals surface area contributed by atoms with Crippen molar-refractivity contribution >= 4 is 5.69 Å². The molecule has 0 spiro atoms. The highest BCUT2D eigenvalue weighted by Crippen LogP contribution is 2.20. The molecule has 0 unspecified atom stereocenters. The summed E-state index contributed by atoms with van der Waals surface area (Å²) in [7, 11) is 0. The highest BCUT2D eigenvalue weighted by atomic mass is 15.1. The summed E-state index contributed by atoms with van der Waals surface area (Å²) < 4.78 is 0. The molecule has 0 saturated carbocycles. The molecule has 17 heavy (non-hydrogen) atoms. The maximum absolute atomic E-state index is 5.64. The number of hydrogen-bond donors (Lipinski definition) is 1. The van der Waals surface area contributed by atoms with E-state index in [1.807, 2.05) is 0 Å². The molecule has 0 saturated heterocycles. The number of rotatable bonds is 5. The Morgan fingerprint density at radius 1 is 1.18 bits per heavy atom. The molecule has 1 rings (SSSR count). The molecule has 2 N–H and O–H groups in total. The van der Waals surface area contributed by atoms with Crippen molar-refractivity contribution in [3.8, 4) is 0 Å². The molecule has 0 heterocycles. The van der Waals surface area contributed by atoms with Crippen LogP contribution >= 0.6 is 0 Å². The van der Waals surface area contributed by atoms with E-state index in [0.29, 0.717) is 6.54 Å². The van der Waals surface area contributed by atoms with Gasteiger partial charge in [0, 0.05) is 25.3 Å². The lowest BCUT2D eigenvalue weighted by Gasteiger charge is -2.25. The first kappa shape index (κ1) is 15.7. The van der Waals surface area contributed by atoms with Crippen molar-refractivity contribution in [2.75, 3.05) is 24.5 Å². The second kappa shape index (κ2) is 8.82. The molecule has 2 heteroatoms. The Hall–Kier alpha value is -1.28. The average molecular weight is 234 g/mol. The van der Waals surface area contributed by atoms with Crippen molar-refractivity contribution in [2.45, 2.75) is 27.2 Å². The Kier molecular flexibility index (Phi) is 8.16. The second-order valence-corrected chi connectivity index (χ2v) is 4.07. The first-order chi connectivity index (χ1) is 8.19. The predicted octanol–water partition coefficient (Wildman–Crippen LogP) is 3.28. The van der Waals surface area contributed by atoms with E-state index in [1.54, 1.807) is 0 Å². The molecule has 1 aromatic rings. The van der Waals surface area contributed by atoms with Gasteiger partial charge in [-0.3, -0.25) is 0 Å². The fourth-order valence-corrected chi connectivity index (χ4v) is 1.94. The third-order valence-electron chi connectivity index (χ3n) is 2.59. The van der Waals surface area contributed by atoms with Crippen molar-refractivity contribution in [1.29, 1.82) is 0 Å². The summed E-state index contributed by atoms with van der Waals surface area (Å²) in [6, 6.07) is 6.60. The molecule has 0 aliphatic heterocycles. The van der Waals surface area contributed by atoms with Gasteiger partial charge in [0.05, 0.1) is 0 Å². The number of benzene rings is 1. The molecule has 0 aliphatic rings. The predicted molar refractivity (Wildman–Crippen MR) is 78.7 cm³/mol. The molecule has 0 amide bonds. The van der Waals surface area contributed by atoms with Crippen LogP contribution in [0.2, 0.25) is 0 Å². The van der Waals surface area contributed by atoms with E-state index in [9.17, 15) is 0 Å². The fourth-order valence-electron chi connectivity index (χ4n) is 1.94. The highest BCUT2D eigenvalue weighted by molar-refractivity contribution is 5.54. The zero-order chi connectivity index (χ0) is 13.3. The van der Waals surface area contributed by atoms with Crippen LogP contribution in [-0.4, -0.2) is 19.6 Å². The third-order valence-corrected chi connectivity index (χ3v) is 2.59. The van der Waals surface area contributed by atoms with Gasteiger partial charge in [0.2, 0.25) is 0 Å². The third kappa shape index (κ3) is 5.05. The first-order valence-corrected chi connectivity index (χ1v) is 6.21. The van der Waals surface area contributed by atoms with Gasteiger partial charge in [-0.05, 0) is 31.9 Å². The van der Waals surface area contributed by atoms with Crippen molar-refractivity contribution < 1.29 is 0 Å². The Morgan fingerprint density at radius 2 is 1.82 bits per heavy atom. The van der Waals surface area contributed by atoms with E-state index >= 15 is 0 Å². The summed E-state index contributed by atoms with van der Waals surface area (Å²) >= 11 is 0. The molecule has 0 atom stereocenters. The first-order valence-electron chi connectivity index (χ1n) is 6.21. The van der Waals surface area contributed by atoms with Gasteiger partial charge in [-0.15, -0.1) is 13.2 Å². The number of nitrogens with zero attached hydrogens (tertiary/aromatic N) is 1. The fraction of sp³-hybridized carbons (Fsp3) is 0.467. The van der Waals surface area contributed by atoms with E-state index in [0.717, 1.165) is 19.5 Å². The maximum Gasteiger partial charge on any atom is 0.0396 e. The van der Waals surface area contributed by atoms with Crippen LogP contribution in [0.3, 0.4) is 0 Å². The van der Waals surface area contributed by atoms with Crippen molar-refractivity contribution in [3.63, 3.8) is 0 Å². The molecule has 0 bridgehead atoms. The SMILES string of the molecule is C=C.CCCN(CCN)c1ccc(C)cc1C. The lowest BCUT2D eigenvalue weighted by molar-refractivity contribution is 0.760. The Balaban J connectivity index is 0.00000121. The zero-order valence-corrected chi connectivity index (χ0v) is 11.5.